The Bertz CT molecular complexity index is 1790. The minimum Gasteiger partial charge on any atom is -0.387 e. The number of ether oxygens (including phenoxy) is 8. The molecule has 0 aliphatic carbocycles. The lowest BCUT2D eigenvalue weighted by atomic mass is 9.82. The number of methoxy groups -OCH3 is 2. The third-order valence-corrected chi connectivity index (χ3v) is 18.9. The Morgan fingerprint density at radius 3 is 1.55 bits per heavy atom. The highest BCUT2D eigenvalue weighted by atomic mass is 31.2. The molecule has 0 spiro atoms. The molecule has 528 valence electrons. The summed E-state index contributed by atoms with van der Waals surface area (Å²) < 4.78 is 80.7. The van der Waals surface area contributed by atoms with Gasteiger partial charge in [0.25, 0.3) is 0 Å². The number of unbranched alkanes of at least 4 members (excludes halogenated alkanes) is 33. The Morgan fingerprint density at radius 2 is 1.03 bits per heavy atom. The van der Waals surface area contributed by atoms with Gasteiger partial charge in [0.05, 0.1) is 32.1 Å². The zero-order valence-electron chi connectivity index (χ0n) is 56.8. The number of amides is 1. The van der Waals surface area contributed by atoms with Gasteiger partial charge in [0.15, 0.2) is 12.6 Å². The SMILES string of the molecule is CCCCCC/C=C\CCCCCCCCCC(=O)N[C@H]1[C@H](OC[C@H]2O[C@@H](OCCP(=O)(O)O)[C@@](O)(CCCCCCCCCCCC)[C@@H](OCCCCCCCCCCCC)[C@@H]2O)O[C@H](COC)[C@@H](OP(=O)(O)O)[C@@H]1OCC[C@@H](CCCCCCC)OC. The maximum atomic E-state index is 14.2. The lowest BCUT2D eigenvalue weighted by Gasteiger charge is -2.50. The highest BCUT2D eigenvalue weighted by Gasteiger charge is 2.57. The number of rotatable bonds is 61. The molecule has 0 aromatic carbocycles. The van der Waals surface area contributed by atoms with E-state index in [9.17, 15) is 43.7 Å². The van der Waals surface area contributed by atoms with Crippen LogP contribution >= 0.6 is 15.4 Å². The number of phosphoric ester groups is 1. The highest BCUT2D eigenvalue weighted by Crippen LogP contribution is 2.44. The topological polar surface area (TPSA) is 268 Å². The van der Waals surface area contributed by atoms with Gasteiger partial charge in [-0.3, -0.25) is 13.9 Å². The van der Waals surface area contributed by atoms with Crippen LogP contribution in [0.15, 0.2) is 12.2 Å². The predicted octanol–water partition coefficient (Wildman–Crippen LogP) is 15.2. The zero-order chi connectivity index (χ0) is 65.3. The maximum absolute atomic E-state index is 14.2. The molecular formula is C68H133NO18P2. The summed E-state index contributed by atoms with van der Waals surface area (Å²) in [7, 11) is -6.73. The first-order valence-corrected chi connectivity index (χ1v) is 39.2. The van der Waals surface area contributed by atoms with E-state index in [-0.39, 0.29) is 44.7 Å². The van der Waals surface area contributed by atoms with Crippen LogP contribution in [0.1, 0.15) is 297 Å². The molecule has 0 aromatic rings. The van der Waals surface area contributed by atoms with Crippen molar-refractivity contribution in [3.05, 3.63) is 12.2 Å². The first-order chi connectivity index (χ1) is 43.0. The molecule has 2 saturated heterocycles. The molecule has 11 atom stereocenters. The van der Waals surface area contributed by atoms with Gasteiger partial charge in [-0.1, -0.05) is 245 Å². The van der Waals surface area contributed by atoms with E-state index in [0.717, 1.165) is 141 Å². The minimum absolute atomic E-state index is 0.0566. The molecule has 0 radical (unpaired) electrons. The van der Waals surface area contributed by atoms with E-state index in [4.69, 9.17) is 42.4 Å². The molecule has 89 heavy (non-hydrogen) atoms. The lowest BCUT2D eigenvalue weighted by Crippen LogP contribution is -2.69. The van der Waals surface area contributed by atoms with Crippen LogP contribution in [0.3, 0.4) is 0 Å². The fourth-order valence-electron chi connectivity index (χ4n) is 12.3. The second-order valence-corrected chi connectivity index (χ2v) is 28.6. The average molecular weight is 1310 g/mol. The molecule has 21 heteroatoms. The Labute approximate surface area is 540 Å². The van der Waals surface area contributed by atoms with Crippen molar-refractivity contribution in [2.45, 2.75) is 364 Å². The summed E-state index contributed by atoms with van der Waals surface area (Å²) in [6.45, 7) is 7.94. The summed E-state index contributed by atoms with van der Waals surface area (Å²) in [5.74, 6) is -0.366. The van der Waals surface area contributed by atoms with Gasteiger partial charge < -0.3 is 73.0 Å². The second kappa shape index (κ2) is 53.2. The van der Waals surface area contributed by atoms with Gasteiger partial charge in [0, 0.05) is 33.9 Å². The van der Waals surface area contributed by atoms with Crippen LogP contribution in [-0.4, -0.2) is 156 Å². The van der Waals surface area contributed by atoms with Gasteiger partial charge in [-0.2, -0.15) is 0 Å². The van der Waals surface area contributed by atoms with Crippen molar-refractivity contribution in [3.63, 3.8) is 0 Å². The third-order valence-electron chi connectivity index (χ3n) is 17.6. The van der Waals surface area contributed by atoms with Crippen LogP contribution in [-0.2, 0) is 56.3 Å². The molecule has 2 heterocycles. The first-order valence-electron chi connectivity index (χ1n) is 35.9. The molecule has 2 aliphatic heterocycles. The van der Waals surface area contributed by atoms with Crippen molar-refractivity contribution in [2.24, 2.45) is 0 Å². The summed E-state index contributed by atoms with van der Waals surface area (Å²) in [4.78, 5) is 54.7. The van der Waals surface area contributed by atoms with Gasteiger partial charge in [-0.05, 0) is 57.8 Å². The quantitative estimate of drug-likeness (QED) is 0.0169. The average Bonchev–Trinajstić information content (AvgIpc) is 0.977. The summed E-state index contributed by atoms with van der Waals surface area (Å²) in [6.07, 6.45) is 35.3. The minimum atomic E-state index is -5.23. The molecule has 2 rings (SSSR count). The van der Waals surface area contributed by atoms with Gasteiger partial charge in [-0.15, -0.1) is 0 Å². The lowest BCUT2D eigenvalue weighted by molar-refractivity contribution is -0.357. The Hall–Kier alpha value is -0.930. The standard InChI is InChI=1S/C68H133NO18P2/c1-7-11-15-19-22-25-28-29-30-31-32-33-36-40-44-48-60(70)69-61-64(81-52-49-57(80-6)47-43-39-18-14-10-4)63(87-89(76,77)78)59(55-79-5)85-66(61)84-56-58-62(71)65(82-51-46-42-38-35-27-24-21-17-13-9-3)68(72,67(86-58)83-53-54-88(73,74)75)50-45-41-37-34-26-23-20-16-12-8-2/h25,28,57-59,61-67,71-72H,7-24,26-27,29-56H2,1-6H3,(H,69,70)(H2,73,74,75)(H2,76,77,78)/b28-25-/t57-,58-,59-,61-,62-,63-,64-,65+,66-,67-,68-/m1/s1. The molecule has 0 saturated carbocycles. The summed E-state index contributed by atoms with van der Waals surface area (Å²) >= 11 is 0. The Morgan fingerprint density at radius 1 is 0.539 bits per heavy atom. The van der Waals surface area contributed by atoms with Gasteiger partial charge in [0.2, 0.25) is 5.91 Å². The summed E-state index contributed by atoms with van der Waals surface area (Å²) in [6, 6.07) is -1.24. The number of carbonyl (C=O) groups is 1. The number of aliphatic hydroxyl groups is 2. The molecule has 2 aliphatic rings. The van der Waals surface area contributed by atoms with E-state index < -0.39 is 95.6 Å². The van der Waals surface area contributed by atoms with Crippen LogP contribution in [0.5, 0.6) is 0 Å². The van der Waals surface area contributed by atoms with Crippen molar-refractivity contribution >= 4 is 21.3 Å². The van der Waals surface area contributed by atoms with Crippen molar-refractivity contribution in [1.29, 1.82) is 0 Å². The monoisotopic (exact) mass is 1310 g/mol. The largest absolute Gasteiger partial charge is 0.470 e. The molecule has 19 nitrogen and oxygen atoms in total. The predicted molar refractivity (Wildman–Crippen MR) is 354 cm³/mol. The Balaban J connectivity index is 2.48. The normalized spacial score (nSPS) is 23.8. The van der Waals surface area contributed by atoms with Gasteiger partial charge in [0.1, 0.15) is 48.3 Å². The van der Waals surface area contributed by atoms with Crippen LogP contribution in [0, 0.1) is 0 Å². The van der Waals surface area contributed by atoms with E-state index >= 15 is 0 Å². The number of carbonyl (C=O) groups excluding carboxylic acids is 1. The van der Waals surface area contributed by atoms with Crippen molar-refractivity contribution in [2.75, 3.05) is 53.4 Å². The number of nitrogens with one attached hydrogen (secondary N) is 1. The van der Waals surface area contributed by atoms with Crippen LogP contribution in [0.2, 0.25) is 0 Å². The molecule has 2 fully saturated rings. The Kier molecular flexibility index (Phi) is 50.3. The summed E-state index contributed by atoms with van der Waals surface area (Å²) in [5, 5.41) is 28.4. The van der Waals surface area contributed by atoms with Crippen LogP contribution in [0.25, 0.3) is 0 Å². The number of phosphoric acid groups is 1. The molecule has 1 amide bonds. The number of aliphatic hydroxyl groups excluding tert-OH is 1. The van der Waals surface area contributed by atoms with Crippen molar-refractivity contribution < 1.29 is 86.1 Å². The molecule has 0 unspecified atom stereocenters. The molecule has 0 bridgehead atoms. The summed E-state index contributed by atoms with van der Waals surface area (Å²) in [5.41, 5.74) is -1.95. The molecular weight excluding hydrogens is 1180 g/mol. The van der Waals surface area contributed by atoms with E-state index in [1.807, 2.05) is 0 Å². The van der Waals surface area contributed by atoms with Crippen molar-refractivity contribution in [1.82, 2.24) is 5.32 Å². The number of hydrogen-bond acceptors (Lipinski definition) is 14. The zero-order valence-corrected chi connectivity index (χ0v) is 58.6. The number of hydrogen-bond donors (Lipinski definition) is 7. The van der Waals surface area contributed by atoms with Crippen LogP contribution in [0.4, 0.5) is 0 Å². The number of allylic oxidation sites excluding steroid dienone is 2. The molecule has 0 aromatic heterocycles. The van der Waals surface area contributed by atoms with E-state index in [2.05, 4.69) is 45.2 Å². The smallest absolute Gasteiger partial charge is 0.387 e. The first kappa shape index (κ1) is 84.2. The molecule has 7 N–H and O–H groups in total. The second-order valence-electron chi connectivity index (χ2n) is 25.7. The third kappa shape index (κ3) is 40.3. The van der Waals surface area contributed by atoms with E-state index in [1.54, 1.807) is 7.11 Å². The fourth-order valence-corrected chi connectivity index (χ4v) is 13.2. The van der Waals surface area contributed by atoms with Crippen LogP contribution < -0.4 is 5.32 Å². The van der Waals surface area contributed by atoms with E-state index in [1.165, 1.54) is 97.0 Å². The van der Waals surface area contributed by atoms with Gasteiger partial charge >= 0.3 is 15.4 Å². The highest BCUT2D eigenvalue weighted by molar-refractivity contribution is 7.51. The van der Waals surface area contributed by atoms with Crippen molar-refractivity contribution in [3.8, 4) is 0 Å². The fraction of sp³-hybridized carbons (Fsp3) is 0.956. The maximum Gasteiger partial charge on any atom is 0.470 e. The van der Waals surface area contributed by atoms with E-state index in [0.29, 0.717) is 25.7 Å². The van der Waals surface area contributed by atoms with Gasteiger partial charge in [-0.25, -0.2) is 4.57 Å².